The first-order valence-corrected chi connectivity index (χ1v) is 8.62. The third-order valence-electron chi connectivity index (χ3n) is 4.83. The maximum Gasteiger partial charge on any atom is 0.306 e. The molecule has 2 saturated carbocycles. The van der Waals surface area contributed by atoms with E-state index < -0.39 is 5.97 Å². The highest BCUT2D eigenvalue weighted by Crippen LogP contribution is 2.48. The number of halogens is 1. The smallest absolute Gasteiger partial charge is 0.306 e. The average Bonchev–Trinajstić information content (AvgIpc) is 3.28. The lowest BCUT2D eigenvalue weighted by atomic mass is 9.86. The first kappa shape index (κ1) is 15.5. The van der Waals surface area contributed by atoms with E-state index in [-0.39, 0.29) is 23.8 Å². The molecule has 5 heteroatoms. The second kappa shape index (κ2) is 6.41. The molecular formula is C17H20BrNO3. The third kappa shape index (κ3) is 3.51. The van der Waals surface area contributed by atoms with E-state index in [2.05, 4.69) is 33.4 Å². The standard InChI is InChI=1S/C17H20BrNO3/c18-12-3-1-2-11(8-12)14-9-15(14)16(20)19-13-6-4-10(5-7-13)17(21)22/h1-3,8,10,13-15H,4-7,9H2,(H,19,20)(H,21,22). The predicted octanol–water partition coefficient (Wildman–Crippen LogP) is 3.31. The van der Waals surface area contributed by atoms with Crippen LogP contribution in [0.15, 0.2) is 28.7 Å². The minimum absolute atomic E-state index is 0.0755. The number of hydrogen-bond acceptors (Lipinski definition) is 2. The fraction of sp³-hybridized carbons (Fsp3) is 0.529. The molecule has 0 spiro atoms. The summed E-state index contributed by atoms with van der Waals surface area (Å²) in [5.41, 5.74) is 1.21. The molecule has 1 aromatic rings. The Morgan fingerprint density at radius 1 is 1.18 bits per heavy atom. The number of benzene rings is 1. The highest BCUT2D eigenvalue weighted by Gasteiger charge is 2.44. The number of hydrogen-bond donors (Lipinski definition) is 2. The van der Waals surface area contributed by atoms with Gasteiger partial charge < -0.3 is 10.4 Å². The van der Waals surface area contributed by atoms with Gasteiger partial charge in [0.25, 0.3) is 0 Å². The number of rotatable bonds is 4. The molecule has 4 nitrogen and oxygen atoms in total. The molecule has 2 fully saturated rings. The zero-order valence-electron chi connectivity index (χ0n) is 12.3. The number of carboxylic acids is 1. The number of carbonyl (C=O) groups excluding carboxylic acids is 1. The third-order valence-corrected chi connectivity index (χ3v) is 5.32. The summed E-state index contributed by atoms with van der Waals surface area (Å²) in [4.78, 5) is 23.3. The van der Waals surface area contributed by atoms with Crippen molar-refractivity contribution in [2.45, 2.75) is 44.1 Å². The SMILES string of the molecule is O=C(O)C1CCC(NC(=O)C2CC2c2cccc(Br)c2)CC1. The monoisotopic (exact) mass is 365 g/mol. The highest BCUT2D eigenvalue weighted by molar-refractivity contribution is 9.10. The molecule has 118 valence electrons. The average molecular weight is 366 g/mol. The molecule has 0 aliphatic heterocycles. The molecule has 2 atom stereocenters. The summed E-state index contributed by atoms with van der Waals surface area (Å²) in [5, 5.41) is 12.1. The number of carboxylic acid groups (broad SMARTS) is 1. The summed E-state index contributed by atoms with van der Waals surface area (Å²) in [6.07, 6.45) is 3.79. The first-order chi connectivity index (χ1) is 10.5. The predicted molar refractivity (Wildman–Crippen MR) is 86.5 cm³/mol. The second-order valence-electron chi connectivity index (χ2n) is 6.40. The van der Waals surface area contributed by atoms with Crippen molar-refractivity contribution in [2.24, 2.45) is 11.8 Å². The van der Waals surface area contributed by atoms with E-state index in [4.69, 9.17) is 5.11 Å². The van der Waals surface area contributed by atoms with Gasteiger partial charge in [-0.3, -0.25) is 9.59 Å². The van der Waals surface area contributed by atoms with Crippen molar-refractivity contribution >= 4 is 27.8 Å². The molecule has 22 heavy (non-hydrogen) atoms. The van der Waals surface area contributed by atoms with E-state index in [1.165, 1.54) is 5.56 Å². The van der Waals surface area contributed by atoms with Gasteiger partial charge in [-0.1, -0.05) is 28.1 Å². The fourth-order valence-corrected chi connectivity index (χ4v) is 3.80. The van der Waals surface area contributed by atoms with E-state index in [1.54, 1.807) is 0 Å². The number of aliphatic carboxylic acids is 1. The molecule has 2 aliphatic carbocycles. The van der Waals surface area contributed by atoms with Crippen molar-refractivity contribution < 1.29 is 14.7 Å². The van der Waals surface area contributed by atoms with Gasteiger partial charge in [0, 0.05) is 16.4 Å². The van der Waals surface area contributed by atoms with Gasteiger partial charge in [-0.25, -0.2) is 0 Å². The van der Waals surface area contributed by atoms with Crippen molar-refractivity contribution in [3.8, 4) is 0 Å². The van der Waals surface area contributed by atoms with E-state index in [1.807, 2.05) is 12.1 Å². The van der Waals surface area contributed by atoms with Gasteiger partial charge >= 0.3 is 5.97 Å². The molecule has 0 saturated heterocycles. The summed E-state index contributed by atoms with van der Waals surface area (Å²) >= 11 is 3.46. The van der Waals surface area contributed by atoms with Crippen LogP contribution in [0.1, 0.15) is 43.6 Å². The normalized spacial score (nSPS) is 30.6. The lowest BCUT2D eigenvalue weighted by Crippen LogP contribution is -2.39. The second-order valence-corrected chi connectivity index (χ2v) is 7.31. The zero-order valence-corrected chi connectivity index (χ0v) is 13.9. The Morgan fingerprint density at radius 3 is 2.55 bits per heavy atom. The van der Waals surface area contributed by atoms with E-state index in [0.29, 0.717) is 18.8 Å². The van der Waals surface area contributed by atoms with Gasteiger partial charge in [-0.15, -0.1) is 0 Å². The lowest BCUT2D eigenvalue weighted by Gasteiger charge is -2.26. The summed E-state index contributed by atoms with van der Waals surface area (Å²) in [5.74, 6) is -0.409. The molecule has 1 aromatic carbocycles. The van der Waals surface area contributed by atoms with Crippen LogP contribution in [0, 0.1) is 11.8 Å². The fourth-order valence-electron chi connectivity index (χ4n) is 3.38. The Kier molecular flexibility index (Phi) is 4.52. The molecule has 2 aliphatic rings. The minimum atomic E-state index is -0.707. The molecule has 0 heterocycles. The molecular weight excluding hydrogens is 346 g/mol. The van der Waals surface area contributed by atoms with Crippen molar-refractivity contribution in [1.29, 1.82) is 0 Å². The minimum Gasteiger partial charge on any atom is -0.481 e. The zero-order chi connectivity index (χ0) is 15.7. The van der Waals surface area contributed by atoms with Gasteiger partial charge in [0.15, 0.2) is 0 Å². The van der Waals surface area contributed by atoms with E-state index >= 15 is 0 Å². The van der Waals surface area contributed by atoms with Crippen LogP contribution in [0.5, 0.6) is 0 Å². The maximum atomic E-state index is 12.3. The van der Waals surface area contributed by atoms with Crippen LogP contribution in [-0.4, -0.2) is 23.0 Å². The molecule has 0 radical (unpaired) electrons. The summed E-state index contributed by atoms with van der Waals surface area (Å²) in [6.45, 7) is 0. The maximum absolute atomic E-state index is 12.3. The molecule has 3 rings (SSSR count). The van der Waals surface area contributed by atoms with E-state index in [9.17, 15) is 9.59 Å². The number of carbonyl (C=O) groups is 2. The number of amides is 1. The van der Waals surface area contributed by atoms with Crippen LogP contribution >= 0.6 is 15.9 Å². The Labute approximate surface area is 138 Å². The van der Waals surface area contributed by atoms with Crippen LogP contribution in [-0.2, 0) is 9.59 Å². The van der Waals surface area contributed by atoms with E-state index in [0.717, 1.165) is 23.7 Å². The van der Waals surface area contributed by atoms with Crippen LogP contribution in [0.4, 0.5) is 0 Å². The molecule has 2 N–H and O–H groups in total. The molecule has 0 aromatic heterocycles. The van der Waals surface area contributed by atoms with Gasteiger partial charge in [-0.2, -0.15) is 0 Å². The number of nitrogens with one attached hydrogen (secondary N) is 1. The Bertz CT molecular complexity index is 581. The van der Waals surface area contributed by atoms with Gasteiger partial charge in [0.05, 0.1) is 5.92 Å². The Hall–Kier alpha value is -1.36. The van der Waals surface area contributed by atoms with Crippen molar-refractivity contribution in [1.82, 2.24) is 5.32 Å². The molecule has 2 unspecified atom stereocenters. The van der Waals surface area contributed by atoms with Crippen LogP contribution in [0.2, 0.25) is 0 Å². The van der Waals surface area contributed by atoms with Crippen LogP contribution in [0.3, 0.4) is 0 Å². The summed E-state index contributed by atoms with van der Waals surface area (Å²) in [7, 11) is 0. The quantitative estimate of drug-likeness (QED) is 0.859. The first-order valence-electron chi connectivity index (χ1n) is 7.83. The topological polar surface area (TPSA) is 66.4 Å². The van der Waals surface area contributed by atoms with Gasteiger partial charge in [0.1, 0.15) is 0 Å². The summed E-state index contributed by atoms with van der Waals surface area (Å²) in [6, 6.07) is 8.28. The van der Waals surface area contributed by atoms with Crippen molar-refractivity contribution in [3.63, 3.8) is 0 Å². The van der Waals surface area contributed by atoms with Crippen LogP contribution in [0.25, 0.3) is 0 Å². The van der Waals surface area contributed by atoms with Gasteiger partial charge in [-0.05, 0) is 55.7 Å². The Balaban J connectivity index is 1.49. The highest BCUT2D eigenvalue weighted by atomic mass is 79.9. The van der Waals surface area contributed by atoms with Crippen molar-refractivity contribution in [2.75, 3.05) is 0 Å². The van der Waals surface area contributed by atoms with Gasteiger partial charge in [0.2, 0.25) is 5.91 Å². The lowest BCUT2D eigenvalue weighted by molar-refractivity contribution is -0.142. The van der Waals surface area contributed by atoms with Crippen LogP contribution < -0.4 is 5.32 Å². The molecule has 0 bridgehead atoms. The molecule has 1 amide bonds. The largest absolute Gasteiger partial charge is 0.481 e. The van der Waals surface area contributed by atoms with Crippen molar-refractivity contribution in [3.05, 3.63) is 34.3 Å². The summed E-state index contributed by atoms with van der Waals surface area (Å²) < 4.78 is 1.04. The Morgan fingerprint density at radius 2 is 1.91 bits per heavy atom.